The Morgan fingerprint density at radius 1 is 1.13 bits per heavy atom. The third-order valence-corrected chi connectivity index (χ3v) is 5.41. The van der Waals surface area contributed by atoms with Crippen LogP contribution in [0.25, 0.3) is 10.9 Å². The predicted octanol–water partition coefficient (Wildman–Crippen LogP) is 4.81. The SMILES string of the molecule is Cc1ccc(NC(=O)C2CCCN(c3ncccc3C(F)(F)F)C2)c2cccnc12. The van der Waals surface area contributed by atoms with Crippen LogP contribution in [0, 0.1) is 12.8 Å². The van der Waals surface area contributed by atoms with Crippen molar-refractivity contribution in [2.45, 2.75) is 25.9 Å². The maximum atomic E-state index is 13.4. The van der Waals surface area contributed by atoms with Gasteiger partial charge in [0, 0.05) is 30.9 Å². The number of piperidine rings is 1. The van der Waals surface area contributed by atoms with Crippen LogP contribution in [0.2, 0.25) is 0 Å². The Bertz CT molecular complexity index is 1080. The van der Waals surface area contributed by atoms with Crippen LogP contribution >= 0.6 is 0 Å². The summed E-state index contributed by atoms with van der Waals surface area (Å²) in [5.74, 6) is -0.763. The van der Waals surface area contributed by atoms with Crippen LogP contribution in [0.3, 0.4) is 0 Å². The first-order chi connectivity index (χ1) is 14.3. The van der Waals surface area contributed by atoms with E-state index >= 15 is 0 Å². The summed E-state index contributed by atoms with van der Waals surface area (Å²) in [7, 11) is 0. The quantitative estimate of drug-likeness (QED) is 0.668. The van der Waals surface area contributed by atoms with Crippen LogP contribution in [0.5, 0.6) is 0 Å². The van der Waals surface area contributed by atoms with Gasteiger partial charge in [0.2, 0.25) is 5.91 Å². The maximum Gasteiger partial charge on any atom is 0.419 e. The van der Waals surface area contributed by atoms with E-state index in [1.165, 1.54) is 12.3 Å². The molecule has 1 N–H and O–H groups in total. The van der Waals surface area contributed by atoms with Gasteiger partial charge >= 0.3 is 6.18 Å². The van der Waals surface area contributed by atoms with E-state index in [1.54, 1.807) is 17.2 Å². The van der Waals surface area contributed by atoms with Gasteiger partial charge in [-0.3, -0.25) is 9.78 Å². The lowest BCUT2D eigenvalue weighted by Crippen LogP contribution is -2.42. The van der Waals surface area contributed by atoms with E-state index in [2.05, 4.69) is 15.3 Å². The second-order valence-corrected chi connectivity index (χ2v) is 7.48. The fourth-order valence-corrected chi connectivity index (χ4v) is 3.91. The molecule has 1 unspecified atom stereocenters. The summed E-state index contributed by atoms with van der Waals surface area (Å²) < 4.78 is 40.1. The monoisotopic (exact) mass is 414 g/mol. The zero-order valence-corrected chi connectivity index (χ0v) is 16.4. The van der Waals surface area contributed by atoms with E-state index in [-0.39, 0.29) is 18.3 Å². The number of aryl methyl sites for hydroxylation is 1. The van der Waals surface area contributed by atoms with Gasteiger partial charge in [-0.15, -0.1) is 0 Å². The number of hydrogen-bond donors (Lipinski definition) is 1. The molecular formula is C22H21F3N4O. The summed E-state index contributed by atoms with van der Waals surface area (Å²) in [6, 6.07) is 9.72. The van der Waals surface area contributed by atoms with E-state index in [0.717, 1.165) is 22.5 Å². The molecule has 1 amide bonds. The lowest BCUT2D eigenvalue weighted by molar-refractivity contribution is -0.137. The van der Waals surface area contributed by atoms with Crippen molar-refractivity contribution in [2.24, 2.45) is 5.92 Å². The summed E-state index contributed by atoms with van der Waals surface area (Å²) in [6.45, 7) is 2.57. The molecule has 0 saturated carbocycles. The standard InChI is InChI=1S/C22H21F3N4O/c1-14-8-9-18(16-6-2-10-26-19(14)16)28-21(30)15-5-4-12-29(13-15)20-17(22(23,24)25)7-3-11-27-20/h2-3,6-11,15H,4-5,12-13H2,1H3,(H,28,30). The third-order valence-electron chi connectivity index (χ3n) is 5.41. The number of alkyl halides is 3. The van der Waals surface area contributed by atoms with Gasteiger partial charge in [-0.25, -0.2) is 4.98 Å². The zero-order chi connectivity index (χ0) is 21.3. The van der Waals surface area contributed by atoms with Crippen molar-refractivity contribution in [3.63, 3.8) is 0 Å². The molecule has 2 aromatic heterocycles. The largest absolute Gasteiger partial charge is 0.419 e. The number of rotatable bonds is 3. The average Bonchev–Trinajstić information content (AvgIpc) is 2.75. The Morgan fingerprint density at radius 2 is 1.90 bits per heavy atom. The van der Waals surface area contributed by atoms with Crippen molar-refractivity contribution in [3.05, 3.63) is 59.9 Å². The minimum Gasteiger partial charge on any atom is -0.355 e. The number of aromatic nitrogens is 2. The maximum absolute atomic E-state index is 13.4. The molecule has 3 heterocycles. The molecule has 1 aliphatic rings. The van der Waals surface area contributed by atoms with Gasteiger partial charge in [0.25, 0.3) is 0 Å². The van der Waals surface area contributed by atoms with Crippen molar-refractivity contribution < 1.29 is 18.0 Å². The number of anilines is 2. The Kier molecular flexibility index (Phi) is 5.32. The van der Waals surface area contributed by atoms with E-state index in [4.69, 9.17) is 0 Å². The molecule has 0 bridgehead atoms. The van der Waals surface area contributed by atoms with Gasteiger partial charge in [0.15, 0.2) is 0 Å². The van der Waals surface area contributed by atoms with Gasteiger partial charge in [-0.05, 0) is 55.7 Å². The minimum atomic E-state index is -4.49. The number of carbonyl (C=O) groups excluding carboxylic acids is 1. The van der Waals surface area contributed by atoms with Crippen molar-refractivity contribution in [1.82, 2.24) is 9.97 Å². The van der Waals surface area contributed by atoms with Crippen molar-refractivity contribution >= 4 is 28.3 Å². The average molecular weight is 414 g/mol. The molecule has 0 spiro atoms. The number of hydrogen-bond acceptors (Lipinski definition) is 4. The van der Waals surface area contributed by atoms with Crippen LogP contribution in [-0.2, 0) is 11.0 Å². The third kappa shape index (κ3) is 3.94. The Hall–Kier alpha value is -3.16. The second kappa shape index (κ2) is 7.93. The summed E-state index contributed by atoms with van der Waals surface area (Å²) in [6.07, 6.45) is -0.224. The van der Waals surface area contributed by atoms with E-state index in [9.17, 15) is 18.0 Å². The van der Waals surface area contributed by atoms with E-state index in [0.29, 0.717) is 25.1 Å². The molecule has 1 atom stereocenters. The van der Waals surface area contributed by atoms with Gasteiger partial charge in [-0.1, -0.05) is 6.07 Å². The predicted molar refractivity (Wildman–Crippen MR) is 109 cm³/mol. The van der Waals surface area contributed by atoms with Crippen LogP contribution < -0.4 is 10.2 Å². The molecule has 30 heavy (non-hydrogen) atoms. The number of halogens is 3. The van der Waals surface area contributed by atoms with Crippen molar-refractivity contribution in [3.8, 4) is 0 Å². The highest BCUT2D eigenvalue weighted by Crippen LogP contribution is 2.36. The molecule has 1 aromatic carbocycles. The molecule has 0 aliphatic carbocycles. The molecule has 0 radical (unpaired) electrons. The Balaban J connectivity index is 1.55. The summed E-state index contributed by atoms with van der Waals surface area (Å²) >= 11 is 0. The number of benzene rings is 1. The zero-order valence-electron chi connectivity index (χ0n) is 16.4. The lowest BCUT2D eigenvalue weighted by Gasteiger charge is -2.34. The molecule has 1 saturated heterocycles. The van der Waals surface area contributed by atoms with Gasteiger partial charge in [0.1, 0.15) is 5.82 Å². The smallest absolute Gasteiger partial charge is 0.355 e. The van der Waals surface area contributed by atoms with Gasteiger partial charge in [0.05, 0.1) is 22.7 Å². The van der Waals surface area contributed by atoms with Gasteiger partial charge in [-0.2, -0.15) is 13.2 Å². The number of pyridine rings is 2. The highest BCUT2D eigenvalue weighted by atomic mass is 19.4. The number of amides is 1. The minimum absolute atomic E-state index is 0.118. The van der Waals surface area contributed by atoms with Crippen molar-refractivity contribution in [1.29, 1.82) is 0 Å². The molecule has 8 heteroatoms. The summed E-state index contributed by atoms with van der Waals surface area (Å²) in [4.78, 5) is 22.8. The van der Waals surface area contributed by atoms with Crippen LogP contribution in [0.1, 0.15) is 24.0 Å². The molecule has 4 rings (SSSR count). The molecular weight excluding hydrogens is 393 g/mol. The number of nitrogens with zero attached hydrogens (tertiary/aromatic N) is 3. The summed E-state index contributed by atoms with van der Waals surface area (Å²) in [5, 5.41) is 3.79. The molecule has 1 fully saturated rings. The Morgan fingerprint density at radius 3 is 2.70 bits per heavy atom. The first-order valence-electron chi connectivity index (χ1n) is 9.77. The molecule has 3 aromatic rings. The number of fused-ring (bicyclic) bond motifs is 1. The first kappa shape index (κ1) is 20.1. The van der Waals surface area contributed by atoms with E-state index in [1.807, 2.05) is 25.1 Å². The van der Waals surface area contributed by atoms with Crippen LogP contribution in [0.15, 0.2) is 48.8 Å². The van der Waals surface area contributed by atoms with Crippen LogP contribution in [0.4, 0.5) is 24.7 Å². The Labute approximate surface area is 171 Å². The topological polar surface area (TPSA) is 58.1 Å². The normalized spacial score (nSPS) is 17.2. The van der Waals surface area contributed by atoms with Crippen LogP contribution in [-0.4, -0.2) is 29.0 Å². The first-order valence-corrected chi connectivity index (χ1v) is 9.77. The fraction of sp³-hybridized carbons (Fsp3) is 0.318. The molecule has 1 aliphatic heterocycles. The number of carbonyl (C=O) groups is 1. The molecule has 156 valence electrons. The lowest BCUT2D eigenvalue weighted by atomic mass is 9.96. The molecule has 5 nitrogen and oxygen atoms in total. The van der Waals surface area contributed by atoms with Gasteiger partial charge < -0.3 is 10.2 Å². The van der Waals surface area contributed by atoms with Crippen molar-refractivity contribution in [2.75, 3.05) is 23.3 Å². The van der Waals surface area contributed by atoms with E-state index < -0.39 is 17.7 Å². The number of nitrogens with one attached hydrogen (secondary N) is 1. The summed E-state index contributed by atoms with van der Waals surface area (Å²) in [5.41, 5.74) is 1.69. The highest BCUT2D eigenvalue weighted by Gasteiger charge is 2.37. The highest BCUT2D eigenvalue weighted by molar-refractivity contribution is 6.02. The second-order valence-electron chi connectivity index (χ2n) is 7.48. The fourth-order valence-electron chi connectivity index (χ4n) is 3.91.